The van der Waals surface area contributed by atoms with Gasteiger partial charge in [-0.2, -0.15) is 0 Å². The van der Waals surface area contributed by atoms with Crippen molar-refractivity contribution < 1.29 is 14.3 Å². The van der Waals surface area contributed by atoms with Crippen LogP contribution in [0.25, 0.3) is 0 Å². The zero-order valence-electron chi connectivity index (χ0n) is 15.6. The SMILES string of the molecule is CC(CN1CCCC1=O)NCC1CCCN(C(=O)OC(C)(C)C)C1. The van der Waals surface area contributed by atoms with Gasteiger partial charge in [0.05, 0.1) is 0 Å². The fourth-order valence-electron chi connectivity index (χ4n) is 3.38. The summed E-state index contributed by atoms with van der Waals surface area (Å²) in [7, 11) is 0. The number of amides is 2. The Hall–Kier alpha value is -1.30. The van der Waals surface area contributed by atoms with Crippen molar-refractivity contribution >= 4 is 12.0 Å². The molecule has 0 bridgehead atoms. The summed E-state index contributed by atoms with van der Waals surface area (Å²) < 4.78 is 5.47. The number of likely N-dealkylation sites (tertiary alicyclic amines) is 2. The Morgan fingerprint density at radius 3 is 2.71 bits per heavy atom. The van der Waals surface area contributed by atoms with Gasteiger partial charge < -0.3 is 19.9 Å². The quantitative estimate of drug-likeness (QED) is 0.834. The number of piperidine rings is 1. The van der Waals surface area contributed by atoms with Gasteiger partial charge in [-0.15, -0.1) is 0 Å². The summed E-state index contributed by atoms with van der Waals surface area (Å²) in [5, 5.41) is 3.53. The largest absolute Gasteiger partial charge is 0.444 e. The Morgan fingerprint density at radius 2 is 2.08 bits per heavy atom. The molecule has 0 spiro atoms. The number of nitrogens with one attached hydrogen (secondary N) is 1. The minimum absolute atomic E-state index is 0.206. The zero-order chi connectivity index (χ0) is 17.7. The maximum atomic E-state index is 12.2. The summed E-state index contributed by atoms with van der Waals surface area (Å²) >= 11 is 0. The molecule has 0 saturated carbocycles. The van der Waals surface area contributed by atoms with Crippen LogP contribution in [0, 0.1) is 5.92 Å². The second kappa shape index (κ2) is 8.19. The molecule has 2 heterocycles. The normalized spacial score (nSPS) is 23.5. The molecule has 2 amide bonds. The minimum Gasteiger partial charge on any atom is -0.444 e. The van der Waals surface area contributed by atoms with E-state index in [1.165, 1.54) is 0 Å². The second-order valence-corrected chi connectivity index (χ2v) is 8.19. The predicted octanol–water partition coefficient (Wildman–Crippen LogP) is 2.23. The highest BCUT2D eigenvalue weighted by Gasteiger charge is 2.28. The number of carbonyl (C=O) groups is 2. The third-order valence-electron chi connectivity index (χ3n) is 4.59. The van der Waals surface area contributed by atoms with E-state index < -0.39 is 5.60 Å². The smallest absolute Gasteiger partial charge is 0.410 e. The lowest BCUT2D eigenvalue weighted by Crippen LogP contribution is -2.47. The molecule has 6 heteroatoms. The van der Waals surface area contributed by atoms with Crippen molar-refractivity contribution in [3.63, 3.8) is 0 Å². The van der Waals surface area contributed by atoms with Crippen LogP contribution in [0.2, 0.25) is 0 Å². The second-order valence-electron chi connectivity index (χ2n) is 8.19. The fraction of sp³-hybridized carbons (Fsp3) is 0.889. The molecule has 24 heavy (non-hydrogen) atoms. The van der Waals surface area contributed by atoms with Crippen LogP contribution in [-0.4, -0.2) is 66.2 Å². The van der Waals surface area contributed by atoms with Crippen LogP contribution in [0.5, 0.6) is 0 Å². The van der Waals surface area contributed by atoms with E-state index in [2.05, 4.69) is 12.2 Å². The van der Waals surface area contributed by atoms with Gasteiger partial charge in [0.1, 0.15) is 5.60 Å². The molecule has 0 aromatic carbocycles. The topological polar surface area (TPSA) is 61.9 Å². The van der Waals surface area contributed by atoms with E-state index in [0.717, 1.165) is 52.0 Å². The summed E-state index contributed by atoms with van der Waals surface area (Å²) in [5.41, 5.74) is -0.445. The van der Waals surface area contributed by atoms with Gasteiger partial charge in [-0.25, -0.2) is 4.79 Å². The average molecular weight is 339 g/mol. The number of carbonyl (C=O) groups excluding carboxylic acids is 2. The molecule has 0 aromatic heterocycles. The molecule has 1 N–H and O–H groups in total. The Bertz CT molecular complexity index is 447. The molecule has 0 aromatic rings. The van der Waals surface area contributed by atoms with Crippen molar-refractivity contribution in [2.75, 3.05) is 32.7 Å². The number of rotatable bonds is 5. The van der Waals surface area contributed by atoms with Crippen molar-refractivity contribution in [3.05, 3.63) is 0 Å². The summed E-state index contributed by atoms with van der Waals surface area (Å²) in [4.78, 5) is 27.7. The fourth-order valence-corrected chi connectivity index (χ4v) is 3.38. The highest BCUT2D eigenvalue weighted by atomic mass is 16.6. The third-order valence-corrected chi connectivity index (χ3v) is 4.59. The molecule has 2 unspecified atom stereocenters. The maximum absolute atomic E-state index is 12.2. The zero-order valence-corrected chi connectivity index (χ0v) is 15.6. The molecule has 2 saturated heterocycles. The van der Waals surface area contributed by atoms with Crippen molar-refractivity contribution in [2.45, 2.75) is 65.0 Å². The summed E-state index contributed by atoms with van der Waals surface area (Å²) in [6.45, 7) is 11.9. The van der Waals surface area contributed by atoms with E-state index in [0.29, 0.717) is 12.3 Å². The summed E-state index contributed by atoms with van der Waals surface area (Å²) in [6.07, 6.45) is 3.62. The van der Waals surface area contributed by atoms with Gasteiger partial charge in [0.25, 0.3) is 0 Å². The molecular weight excluding hydrogens is 306 g/mol. The molecule has 2 fully saturated rings. The first-order valence-corrected chi connectivity index (χ1v) is 9.23. The number of hydrogen-bond acceptors (Lipinski definition) is 4. The van der Waals surface area contributed by atoms with Crippen LogP contribution >= 0.6 is 0 Å². The lowest BCUT2D eigenvalue weighted by atomic mass is 9.98. The summed E-state index contributed by atoms with van der Waals surface area (Å²) in [6, 6.07) is 0.281. The molecule has 0 radical (unpaired) electrons. The van der Waals surface area contributed by atoms with Crippen LogP contribution in [0.1, 0.15) is 53.4 Å². The first-order valence-electron chi connectivity index (χ1n) is 9.23. The van der Waals surface area contributed by atoms with Crippen molar-refractivity contribution in [1.29, 1.82) is 0 Å². The molecular formula is C18H33N3O3. The van der Waals surface area contributed by atoms with Gasteiger partial charge in [-0.1, -0.05) is 0 Å². The summed E-state index contributed by atoms with van der Waals surface area (Å²) in [5.74, 6) is 0.723. The molecule has 6 nitrogen and oxygen atoms in total. The van der Waals surface area contributed by atoms with Gasteiger partial charge in [0, 0.05) is 38.6 Å². The van der Waals surface area contributed by atoms with Gasteiger partial charge in [0.15, 0.2) is 0 Å². The van der Waals surface area contributed by atoms with Crippen molar-refractivity contribution in [2.24, 2.45) is 5.92 Å². The Labute approximate surface area is 145 Å². The molecule has 2 atom stereocenters. The predicted molar refractivity (Wildman–Crippen MR) is 93.8 cm³/mol. The number of hydrogen-bond donors (Lipinski definition) is 1. The number of ether oxygens (including phenoxy) is 1. The average Bonchev–Trinajstić information content (AvgIpc) is 2.89. The van der Waals surface area contributed by atoms with Crippen LogP contribution in [0.15, 0.2) is 0 Å². The monoisotopic (exact) mass is 339 g/mol. The Morgan fingerprint density at radius 1 is 1.33 bits per heavy atom. The van der Waals surface area contributed by atoms with Crippen molar-refractivity contribution in [3.8, 4) is 0 Å². The Balaban J connectivity index is 1.72. The molecule has 0 aliphatic carbocycles. The van der Waals surface area contributed by atoms with E-state index in [1.54, 1.807) is 0 Å². The molecule has 138 valence electrons. The van der Waals surface area contributed by atoms with Crippen LogP contribution in [0.3, 0.4) is 0 Å². The van der Waals surface area contributed by atoms with Crippen molar-refractivity contribution in [1.82, 2.24) is 15.1 Å². The highest BCUT2D eigenvalue weighted by molar-refractivity contribution is 5.78. The molecule has 2 aliphatic heterocycles. The number of nitrogens with zero attached hydrogens (tertiary/aromatic N) is 2. The van der Waals surface area contributed by atoms with E-state index in [1.807, 2.05) is 30.6 Å². The first-order chi connectivity index (χ1) is 11.2. The molecule has 2 aliphatic rings. The van der Waals surface area contributed by atoms with Gasteiger partial charge in [-0.3, -0.25) is 4.79 Å². The molecule has 2 rings (SSSR count). The lowest BCUT2D eigenvalue weighted by molar-refractivity contribution is -0.127. The van der Waals surface area contributed by atoms with Crippen LogP contribution in [-0.2, 0) is 9.53 Å². The van der Waals surface area contributed by atoms with E-state index >= 15 is 0 Å². The highest BCUT2D eigenvalue weighted by Crippen LogP contribution is 2.19. The lowest BCUT2D eigenvalue weighted by Gasteiger charge is -2.35. The van der Waals surface area contributed by atoms with Gasteiger partial charge >= 0.3 is 6.09 Å². The van der Waals surface area contributed by atoms with E-state index in [-0.39, 0.29) is 18.0 Å². The third kappa shape index (κ3) is 5.96. The van der Waals surface area contributed by atoms with Gasteiger partial charge in [-0.05, 0) is 59.4 Å². The van der Waals surface area contributed by atoms with E-state index in [4.69, 9.17) is 4.74 Å². The standard InChI is InChI=1S/C18H33N3O3/c1-14(12-20-9-6-8-16(20)22)19-11-15-7-5-10-21(13-15)17(23)24-18(2,3)4/h14-15,19H,5-13H2,1-4H3. The Kier molecular flexibility index (Phi) is 6.49. The van der Waals surface area contributed by atoms with E-state index in [9.17, 15) is 9.59 Å². The minimum atomic E-state index is -0.445. The first kappa shape index (κ1) is 19.0. The van der Waals surface area contributed by atoms with Crippen LogP contribution < -0.4 is 5.32 Å². The van der Waals surface area contributed by atoms with Crippen LogP contribution in [0.4, 0.5) is 4.79 Å². The maximum Gasteiger partial charge on any atom is 0.410 e. The van der Waals surface area contributed by atoms with Gasteiger partial charge in [0.2, 0.25) is 5.91 Å².